The highest BCUT2D eigenvalue weighted by atomic mass is 16.1. The normalized spacial score (nSPS) is 12.8. The van der Waals surface area contributed by atoms with Gasteiger partial charge in [-0.25, -0.2) is 4.98 Å². The number of H-pyrrole nitrogens is 1. The van der Waals surface area contributed by atoms with Crippen LogP contribution in [0.25, 0.3) is 33.1 Å². The number of fused-ring (bicyclic) bond motifs is 5. The van der Waals surface area contributed by atoms with Crippen LogP contribution < -0.4 is 5.32 Å². The van der Waals surface area contributed by atoms with Gasteiger partial charge in [-0.3, -0.25) is 14.9 Å². The molecule has 5 aromatic rings. The fourth-order valence-corrected chi connectivity index (χ4v) is 5.30. The van der Waals surface area contributed by atoms with E-state index < -0.39 is 0 Å². The predicted molar refractivity (Wildman–Crippen MR) is 155 cm³/mol. The van der Waals surface area contributed by atoms with Gasteiger partial charge in [-0.1, -0.05) is 18.1 Å². The van der Waals surface area contributed by atoms with Gasteiger partial charge in [-0.05, 0) is 93.2 Å². The Morgan fingerprint density at radius 3 is 2.44 bits per heavy atom. The molecule has 194 valence electrons. The van der Waals surface area contributed by atoms with Crippen LogP contribution >= 0.6 is 0 Å². The molecule has 0 unspecified atom stereocenters. The lowest BCUT2D eigenvalue weighted by Gasteiger charge is -2.22. The number of nitrogens with one attached hydrogen (secondary N) is 2. The molecule has 3 aromatic heterocycles. The van der Waals surface area contributed by atoms with Crippen LogP contribution in [0.5, 0.6) is 0 Å². The summed E-state index contributed by atoms with van der Waals surface area (Å²) in [6.45, 7) is 1.42. The van der Waals surface area contributed by atoms with Gasteiger partial charge < -0.3 is 10.2 Å². The molecule has 7 nitrogen and oxygen atoms in total. The first-order valence-electron chi connectivity index (χ1n) is 13.4. The molecule has 0 spiro atoms. The number of nitrogens with zero attached hydrogens (tertiary/aromatic N) is 4. The fraction of sp³-hybridized carbons (Fsp3) is 0.250. The van der Waals surface area contributed by atoms with Crippen LogP contribution in [0.3, 0.4) is 0 Å². The van der Waals surface area contributed by atoms with Gasteiger partial charge in [-0.15, -0.1) is 0 Å². The van der Waals surface area contributed by atoms with Crippen molar-refractivity contribution >= 4 is 27.7 Å². The number of aromatic nitrogens is 4. The molecule has 1 aliphatic carbocycles. The summed E-state index contributed by atoms with van der Waals surface area (Å²) in [6, 6.07) is 15.7. The first-order chi connectivity index (χ1) is 19.1. The van der Waals surface area contributed by atoms with E-state index in [1.54, 1.807) is 12.4 Å². The summed E-state index contributed by atoms with van der Waals surface area (Å²) in [5.41, 5.74) is 8.87. The Kier molecular flexibility index (Phi) is 6.78. The number of benzene rings is 2. The molecule has 1 aliphatic rings. The summed E-state index contributed by atoms with van der Waals surface area (Å²) < 4.78 is 0. The van der Waals surface area contributed by atoms with Crippen LogP contribution in [0, 0.1) is 11.8 Å². The van der Waals surface area contributed by atoms with E-state index in [9.17, 15) is 4.79 Å². The number of pyridine rings is 2. The molecule has 0 saturated heterocycles. The molecular formula is C32H30N6O. The molecular weight excluding hydrogens is 484 g/mol. The standard InChI is InChI=1S/C32H30N6O/c1-38(2)20-19-34-32(39)23-10-8-22(9-11-23)31-25-6-4-3-5-24(25)29-26(35-31)13-14-28-30(29)27(36-37-28)12-7-21-15-17-33-18-16-21/h8-11,13-18H,3-6,19-20H2,1-2H3,(H,34,39)(H,36,37). The van der Waals surface area contributed by atoms with Crippen molar-refractivity contribution in [3.8, 4) is 23.1 Å². The van der Waals surface area contributed by atoms with Crippen LogP contribution in [0.2, 0.25) is 0 Å². The third-order valence-electron chi connectivity index (χ3n) is 7.26. The Balaban J connectivity index is 1.42. The van der Waals surface area contributed by atoms with Crippen molar-refractivity contribution in [1.29, 1.82) is 0 Å². The van der Waals surface area contributed by atoms with Gasteiger partial charge in [0, 0.05) is 52.9 Å². The number of rotatable bonds is 5. The van der Waals surface area contributed by atoms with Crippen molar-refractivity contribution in [3.05, 3.63) is 88.9 Å². The van der Waals surface area contributed by atoms with Crippen molar-refractivity contribution in [2.24, 2.45) is 0 Å². The van der Waals surface area contributed by atoms with Crippen molar-refractivity contribution in [2.45, 2.75) is 25.7 Å². The third-order valence-corrected chi connectivity index (χ3v) is 7.26. The summed E-state index contributed by atoms with van der Waals surface area (Å²) in [6.07, 6.45) is 7.74. The van der Waals surface area contributed by atoms with Gasteiger partial charge in [0.15, 0.2) is 0 Å². The van der Waals surface area contributed by atoms with Crippen LogP contribution in [-0.2, 0) is 12.8 Å². The number of aromatic amines is 1. The van der Waals surface area contributed by atoms with Gasteiger partial charge in [0.25, 0.3) is 5.91 Å². The zero-order valence-electron chi connectivity index (χ0n) is 22.2. The molecule has 1 amide bonds. The van der Waals surface area contributed by atoms with Crippen LogP contribution in [-0.4, -0.2) is 58.2 Å². The summed E-state index contributed by atoms with van der Waals surface area (Å²) in [5, 5.41) is 12.9. The molecule has 0 saturated carbocycles. The Bertz CT molecular complexity index is 1730. The zero-order valence-corrected chi connectivity index (χ0v) is 22.2. The van der Waals surface area contributed by atoms with Crippen molar-refractivity contribution in [1.82, 2.24) is 30.4 Å². The van der Waals surface area contributed by atoms with E-state index in [-0.39, 0.29) is 5.91 Å². The zero-order chi connectivity index (χ0) is 26.8. The molecule has 0 radical (unpaired) electrons. The number of carbonyl (C=O) groups excluding carboxylic acids is 1. The summed E-state index contributed by atoms with van der Waals surface area (Å²) in [5.74, 6) is 6.48. The minimum absolute atomic E-state index is 0.0559. The van der Waals surface area contributed by atoms with Gasteiger partial charge >= 0.3 is 0 Å². The van der Waals surface area contributed by atoms with Gasteiger partial charge in [0.05, 0.1) is 16.7 Å². The third kappa shape index (κ3) is 4.99. The summed E-state index contributed by atoms with van der Waals surface area (Å²) in [7, 11) is 3.99. The summed E-state index contributed by atoms with van der Waals surface area (Å²) >= 11 is 0. The minimum Gasteiger partial charge on any atom is -0.351 e. The molecule has 3 heterocycles. The molecule has 2 N–H and O–H groups in total. The van der Waals surface area contributed by atoms with E-state index in [4.69, 9.17) is 4.98 Å². The smallest absolute Gasteiger partial charge is 0.251 e. The summed E-state index contributed by atoms with van der Waals surface area (Å²) in [4.78, 5) is 23.9. The van der Waals surface area contributed by atoms with Crippen molar-refractivity contribution in [3.63, 3.8) is 0 Å². The maximum atomic E-state index is 12.6. The average molecular weight is 515 g/mol. The van der Waals surface area contributed by atoms with Crippen LogP contribution in [0.1, 0.15) is 45.6 Å². The average Bonchev–Trinajstić information content (AvgIpc) is 3.39. The van der Waals surface area contributed by atoms with Crippen LogP contribution in [0.15, 0.2) is 60.9 Å². The lowest BCUT2D eigenvalue weighted by atomic mass is 9.85. The van der Waals surface area contributed by atoms with E-state index in [1.807, 2.05) is 61.5 Å². The quantitative estimate of drug-likeness (QED) is 0.331. The van der Waals surface area contributed by atoms with Gasteiger partial charge in [0.2, 0.25) is 0 Å². The highest BCUT2D eigenvalue weighted by Gasteiger charge is 2.22. The second-order valence-corrected chi connectivity index (χ2v) is 10.2. The SMILES string of the molecule is CN(C)CCNC(=O)c1ccc(-c2nc3ccc4n[nH]c(C#Cc5ccncc5)c4c3c3c2CCCC3)cc1. The number of aryl methyl sites for hydroxylation is 1. The Morgan fingerprint density at radius 1 is 0.923 bits per heavy atom. The molecule has 7 heteroatoms. The van der Waals surface area contributed by atoms with Gasteiger partial charge in [-0.2, -0.15) is 5.10 Å². The monoisotopic (exact) mass is 514 g/mol. The number of likely N-dealkylation sites (N-methyl/N-ethyl adjacent to an activating group) is 1. The predicted octanol–water partition coefficient (Wildman–Crippen LogP) is 4.74. The number of hydrogen-bond acceptors (Lipinski definition) is 5. The maximum absolute atomic E-state index is 12.6. The van der Waals surface area contributed by atoms with E-state index in [2.05, 4.69) is 38.4 Å². The molecule has 2 aromatic carbocycles. The highest BCUT2D eigenvalue weighted by molar-refractivity contribution is 6.10. The second-order valence-electron chi connectivity index (χ2n) is 10.2. The minimum atomic E-state index is -0.0559. The van der Waals surface area contributed by atoms with Crippen molar-refractivity contribution in [2.75, 3.05) is 27.2 Å². The molecule has 0 atom stereocenters. The lowest BCUT2D eigenvalue weighted by molar-refractivity contribution is 0.0951. The Morgan fingerprint density at radius 2 is 1.67 bits per heavy atom. The van der Waals surface area contributed by atoms with E-state index in [1.165, 1.54) is 11.1 Å². The molecule has 6 rings (SSSR count). The van der Waals surface area contributed by atoms with E-state index in [0.717, 1.165) is 76.5 Å². The van der Waals surface area contributed by atoms with Crippen LogP contribution in [0.4, 0.5) is 0 Å². The molecule has 0 aliphatic heterocycles. The maximum Gasteiger partial charge on any atom is 0.251 e. The first-order valence-corrected chi connectivity index (χ1v) is 13.4. The second kappa shape index (κ2) is 10.7. The number of hydrogen-bond donors (Lipinski definition) is 2. The van der Waals surface area contributed by atoms with E-state index >= 15 is 0 Å². The van der Waals surface area contributed by atoms with E-state index in [0.29, 0.717) is 12.1 Å². The first kappa shape index (κ1) is 24.8. The lowest BCUT2D eigenvalue weighted by Crippen LogP contribution is -2.31. The molecule has 0 bridgehead atoms. The Hall–Kier alpha value is -4.54. The largest absolute Gasteiger partial charge is 0.351 e. The molecule has 0 fully saturated rings. The molecule has 39 heavy (non-hydrogen) atoms. The number of amides is 1. The number of carbonyl (C=O) groups is 1. The van der Waals surface area contributed by atoms with Crippen molar-refractivity contribution < 1.29 is 4.79 Å². The Labute approximate surface area is 227 Å². The fourth-order valence-electron chi connectivity index (χ4n) is 5.30. The highest BCUT2D eigenvalue weighted by Crippen LogP contribution is 2.38. The van der Waals surface area contributed by atoms with Gasteiger partial charge in [0.1, 0.15) is 5.69 Å². The topological polar surface area (TPSA) is 86.8 Å².